The van der Waals surface area contributed by atoms with Gasteiger partial charge in [0.1, 0.15) is 4.90 Å². The van der Waals surface area contributed by atoms with E-state index in [-0.39, 0.29) is 9.92 Å². The van der Waals surface area contributed by atoms with Crippen molar-refractivity contribution in [1.82, 2.24) is 0 Å². The fraction of sp³-hybridized carbons (Fsp3) is 0.143. The van der Waals surface area contributed by atoms with E-state index in [4.69, 9.17) is 17.3 Å². The molecule has 106 valence electrons. The standard InChI is InChI=1S/C14H15ClN2O2S/c1-10-5-3-4-6-13(10)17(2)20(18,19)14-9-11(16)7-8-12(14)15/h3-9H,16H2,1-2H3. The fourth-order valence-corrected chi connectivity index (χ4v) is 3.68. The van der Waals surface area contributed by atoms with Crippen molar-refractivity contribution in [1.29, 1.82) is 0 Å². The molecule has 20 heavy (non-hydrogen) atoms. The van der Waals surface area contributed by atoms with Crippen LogP contribution in [0.4, 0.5) is 11.4 Å². The van der Waals surface area contributed by atoms with Gasteiger partial charge in [-0.05, 0) is 36.8 Å². The van der Waals surface area contributed by atoms with Crippen LogP contribution in [0.5, 0.6) is 0 Å². The van der Waals surface area contributed by atoms with E-state index in [0.29, 0.717) is 11.4 Å². The lowest BCUT2D eigenvalue weighted by Gasteiger charge is -2.22. The van der Waals surface area contributed by atoms with E-state index in [2.05, 4.69) is 0 Å². The number of sulfonamides is 1. The van der Waals surface area contributed by atoms with Crippen LogP contribution in [0.15, 0.2) is 47.4 Å². The molecule has 0 unspecified atom stereocenters. The van der Waals surface area contributed by atoms with E-state index in [0.717, 1.165) is 5.56 Å². The van der Waals surface area contributed by atoms with Crippen molar-refractivity contribution in [3.63, 3.8) is 0 Å². The van der Waals surface area contributed by atoms with Crippen molar-refractivity contribution in [3.05, 3.63) is 53.1 Å². The summed E-state index contributed by atoms with van der Waals surface area (Å²) >= 11 is 5.99. The zero-order valence-corrected chi connectivity index (χ0v) is 12.7. The molecule has 0 heterocycles. The maximum atomic E-state index is 12.6. The molecule has 0 spiro atoms. The highest BCUT2D eigenvalue weighted by Crippen LogP contribution is 2.30. The molecule has 0 fully saturated rings. The largest absolute Gasteiger partial charge is 0.399 e. The predicted octanol–water partition coefficient (Wildman–Crippen LogP) is 3.06. The maximum Gasteiger partial charge on any atom is 0.265 e. The monoisotopic (exact) mass is 310 g/mol. The summed E-state index contributed by atoms with van der Waals surface area (Å²) in [5.41, 5.74) is 7.47. The van der Waals surface area contributed by atoms with E-state index in [1.54, 1.807) is 18.2 Å². The second-order valence-corrected chi connectivity index (χ2v) is 6.79. The van der Waals surface area contributed by atoms with Gasteiger partial charge in [-0.15, -0.1) is 0 Å². The molecule has 0 aromatic heterocycles. The smallest absolute Gasteiger partial charge is 0.265 e. The molecule has 0 atom stereocenters. The molecule has 2 rings (SSSR count). The van der Waals surface area contributed by atoms with Gasteiger partial charge in [0, 0.05) is 12.7 Å². The predicted molar refractivity (Wildman–Crippen MR) is 82.6 cm³/mol. The number of para-hydroxylation sites is 1. The van der Waals surface area contributed by atoms with Crippen molar-refractivity contribution in [2.75, 3.05) is 17.1 Å². The van der Waals surface area contributed by atoms with Gasteiger partial charge in [-0.3, -0.25) is 4.31 Å². The molecular weight excluding hydrogens is 296 g/mol. The molecule has 0 saturated heterocycles. The third-order valence-electron chi connectivity index (χ3n) is 3.05. The number of nitrogens with zero attached hydrogens (tertiary/aromatic N) is 1. The topological polar surface area (TPSA) is 63.4 Å². The molecular formula is C14H15ClN2O2S. The van der Waals surface area contributed by atoms with Gasteiger partial charge in [0.15, 0.2) is 0 Å². The second kappa shape index (κ2) is 5.34. The van der Waals surface area contributed by atoms with Crippen LogP contribution in [-0.2, 0) is 10.0 Å². The Labute approximate surface area is 123 Å². The van der Waals surface area contributed by atoms with Crippen LogP contribution in [0.1, 0.15) is 5.56 Å². The summed E-state index contributed by atoms with van der Waals surface area (Å²) in [7, 11) is -2.25. The van der Waals surface area contributed by atoms with Gasteiger partial charge >= 0.3 is 0 Å². The molecule has 0 aliphatic heterocycles. The fourth-order valence-electron chi connectivity index (χ4n) is 1.91. The Bertz CT molecular complexity index is 745. The number of hydrogen-bond donors (Lipinski definition) is 1. The first kappa shape index (κ1) is 14.7. The third kappa shape index (κ3) is 2.59. The summed E-state index contributed by atoms with van der Waals surface area (Å²) in [5.74, 6) is 0. The number of anilines is 2. The Morgan fingerprint density at radius 1 is 1.15 bits per heavy atom. The number of rotatable bonds is 3. The molecule has 0 radical (unpaired) electrons. The quantitative estimate of drug-likeness (QED) is 0.886. The number of nitrogens with two attached hydrogens (primary N) is 1. The lowest BCUT2D eigenvalue weighted by Crippen LogP contribution is -2.27. The number of halogens is 1. The van der Waals surface area contributed by atoms with Gasteiger partial charge in [0.05, 0.1) is 10.7 Å². The van der Waals surface area contributed by atoms with Gasteiger partial charge in [0.25, 0.3) is 10.0 Å². The summed E-state index contributed by atoms with van der Waals surface area (Å²) in [6.45, 7) is 1.85. The molecule has 0 saturated carbocycles. The molecule has 2 aromatic carbocycles. The highest BCUT2D eigenvalue weighted by atomic mass is 35.5. The van der Waals surface area contributed by atoms with Crippen LogP contribution in [0, 0.1) is 6.92 Å². The summed E-state index contributed by atoms with van der Waals surface area (Å²) in [6, 6.07) is 11.6. The van der Waals surface area contributed by atoms with Crippen molar-refractivity contribution in [2.24, 2.45) is 0 Å². The van der Waals surface area contributed by atoms with Crippen LogP contribution in [0.25, 0.3) is 0 Å². The lowest BCUT2D eigenvalue weighted by molar-refractivity contribution is 0.594. The van der Waals surface area contributed by atoms with Gasteiger partial charge in [-0.1, -0.05) is 29.8 Å². The van der Waals surface area contributed by atoms with E-state index >= 15 is 0 Å². The van der Waals surface area contributed by atoms with E-state index < -0.39 is 10.0 Å². The highest BCUT2D eigenvalue weighted by Gasteiger charge is 2.25. The van der Waals surface area contributed by atoms with Crippen LogP contribution in [0.2, 0.25) is 5.02 Å². The Balaban J connectivity index is 2.56. The molecule has 2 aromatic rings. The minimum Gasteiger partial charge on any atom is -0.399 e. The molecule has 0 aliphatic carbocycles. The van der Waals surface area contributed by atoms with Crippen molar-refractivity contribution >= 4 is 33.0 Å². The minimum atomic E-state index is -3.75. The normalized spacial score (nSPS) is 11.3. The highest BCUT2D eigenvalue weighted by molar-refractivity contribution is 7.93. The first-order valence-corrected chi connectivity index (χ1v) is 7.75. The summed E-state index contributed by atoms with van der Waals surface area (Å²) in [6.07, 6.45) is 0. The number of aryl methyl sites for hydroxylation is 1. The number of hydrogen-bond acceptors (Lipinski definition) is 3. The molecule has 4 nitrogen and oxygen atoms in total. The zero-order valence-electron chi connectivity index (χ0n) is 11.2. The first-order chi connectivity index (χ1) is 9.34. The van der Waals surface area contributed by atoms with Crippen molar-refractivity contribution in [2.45, 2.75) is 11.8 Å². The Morgan fingerprint density at radius 2 is 1.80 bits per heavy atom. The third-order valence-corrected chi connectivity index (χ3v) is 5.30. The van der Waals surface area contributed by atoms with Gasteiger partial charge < -0.3 is 5.73 Å². The van der Waals surface area contributed by atoms with Crippen LogP contribution < -0.4 is 10.0 Å². The van der Waals surface area contributed by atoms with Crippen LogP contribution in [-0.4, -0.2) is 15.5 Å². The molecule has 0 aliphatic rings. The van der Waals surface area contributed by atoms with Crippen LogP contribution >= 0.6 is 11.6 Å². The van der Waals surface area contributed by atoms with Crippen molar-refractivity contribution < 1.29 is 8.42 Å². The zero-order chi connectivity index (χ0) is 14.9. The van der Waals surface area contributed by atoms with E-state index in [1.807, 2.05) is 19.1 Å². The summed E-state index contributed by atoms with van der Waals surface area (Å²) < 4.78 is 26.5. The van der Waals surface area contributed by atoms with Gasteiger partial charge in [-0.2, -0.15) is 0 Å². The minimum absolute atomic E-state index is 0.00456. The van der Waals surface area contributed by atoms with Crippen molar-refractivity contribution in [3.8, 4) is 0 Å². The van der Waals surface area contributed by atoms with Gasteiger partial charge in [-0.25, -0.2) is 8.42 Å². The SMILES string of the molecule is Cc1ccccc1N(C)S(=O)(=O)c1cc(N)ccc1Cl. The lowest BCUT2D eigenvalue weighted by atomic mass is 10.2. The number of benzene rings is 2. The Kier molecular flexibility index (Phi) is 3.92. The van der Waals surface area contributed by atoms with Gasteiger partial charge in [0.2, 0.25) is 0 Å². The van der Waals surface area contributed by atoms with E-state index in [1.165, 1.54) is 23.5 Å². The van der Waals surface area contributed by atoms with Crippen LogP contribution in [0.3, 0.4) is 0 Å². The molecule has 2 N–H and O–H groups in total. The summed E-state index contributed by atoms with van der Waals surface area (Å²) in [4.78, 5) is 0.00456. The molecule has 6 heteroatoms. The average Bonchev–Trinajstić information content (AvgIpc) is 2.41. The maximum absolute atomic E-state index is 12.6. The Morgan fingerprint density at radius 3 is 2.45 bits per heavy atom. The molecule has 0 amide bonds. The van der Waals surface area contributed by atoms with E-state index in [9.17, 15) is 8.42 Å². The molecule has 0 bridgehead atoms. The first-order valence-electron chi connectivity index (χ1n) is 5.93. The Hall–Kier alpha value is -1.72. The second-order valence-electron chi connectivity index (χ2n) is 4.45. The average molecular weight is 311 g/mol. The summed E-state index contributed by atoms with van der Waals surface area (Å²) in [5, 5.41) is 0.152. The number of nitrogen functional groups attached to an aromatic ring is 1.